The number of carbonyl (C=O) groups is 2. The molecular weight excluding hydrogens is 316 g/mol. The van der Waals surface area contributed by atoms with Crippen molar-refractivity contribution in [2.45, 2.75) is 6.92 Å². The Morgan fingerprint density at radius 1 is 1.17 bits per heavy atom. The molecule has 2 amide bonds. The number of pyridine rings is 1. The van der Waals surface area contributed by atoms with E-state index >= 15 is 0 Å². The van der Waals surface area contributed by atoms with E-state index in [0.717, 1.165) is 5.76 Å². The average Bonchev–Trinajstić information content (AvgIpc) is 2.97. The minimum atomic E-state index is -0.449. The van der Waals surface area contributed by atoms with Crippen molar-refractivity contribution in [2.75, 3.05) is 0 Å². The molecule has 2 heterocycles. The number of aromatic nitrogens is 1. The summed E-state index contributed by atoms with van der Waals surface area (Å²) in [5, 5.41) is 2.36. The van der Waals surface area contributed by atoms with Gasteiger partial charge in [-0.25, -0.2) is 0 Å². The Morgan fingerprint density at radius 2 is 1.91 bits per heavy atom. The summed E-state index contributed by atoms with van der Waals surface area (Å²) in [6.45, 7) is 1.81. The molecule has 0 spiro atoms. The summed E-state index contributed by atoms with van der Waals surface area (Å²) in [7, 11) is 0. The number of hydrogen-bond acceptors (Lipinski definition) is 5. The molecule has 0 aromatic carbocycles. The van der Waals surface area contributed by atoms with Crippen LogP contribution in [-0.4, -0.2) is 21.9 Å². The first-order chi connectivity index (χ1) is 11.0. The molecule has 0 aliphatic carbocycles. The number of nitrogens with one attached hydrogen (secondary N) is 3. The normalized spacial score (nSPS) is 10.3. The Labute approximate surface area is 137 Å². The molecule has 0 fully saturated rings. The molecule has 23 heavy (non-hydrogen) atoms. The number of carbonyl (C=O) groups excluding carboxylic acids is 2. The van der Waals surface area contributed by atoms with Gasteiger partial charge in [-0.05, 0) is 49.5 Å². The Morgan fingerprint density at radius 3 is 2.57 bits per heavy atom. The highest BCUT2D eigenvalue weighted by molar-refractivity contribution is 7.80. The van der Waals surface area contributed by atoms with Crippen molar-refractivity contribution in [3.63, 3.8) is 0 Å². The quantitative estimate of drug-likeness (QED) is 0.446. The highest BCUT2D eigenvalue weighted by atomic mass is 32.1. The van der Waals surface area contributed by atoms with E-state index in [1.54, 1.807) is 24.3 Å². The Bertz CT molecular complexity index is 740. The second-order valence-corrected chi connectivity index (χ2v) is 4.82. The number of hydrazine groups is 1. The zero-order chi connectivity index (χ0) is 16.7. The summed E-state index contributed by atoms with van der Waals surface area (Å²) < 4.78 is 5.29. The predicted octanol–water partition coefficient (Wildman–Crippen LogP) is 1.33. The van der Waals surface area contributed by atoms with E-state index in [2.05, 4.69) is 21.2 Å². The molecule has 118 valence electrons. The van der Waals surface area contributed by atoms with Crippen molar-refractivity contribution in [1.29, 1.82) is 0 Å². The van der Waals surface area contributed by atoms with Crippen LogP contribution in [0.15, 0.2) is 47.2 Å². The summed E-state index contributed by atoms with van der Waals surface area (Å²) >= 11 is 4.91. The monoisotopic (exact) mass is 330 g/mol. The first kappa shape index (κ1) is 16.4. The fraction of sp³-hybridized carbons (Fsp3) is 0.0667. The number of hydrogen-bond donors (Lipinski definition) is 3. The summed E-state index contributed by atoms with van der Waals surface area (Å²) in [5.74, 6) is 0.462. The molecule has 3 N–H and O–H groups in total. The predicted molar refractivity (Wildman–Crippen MR) is 88.1 cm³/mol. The molecule has 7 nitrogen and oxygen atoms in total. The van der Waals surface area contributed by atoms with Crippen molar-refractivity contribution in [3.8, 4) is 0 Å². The van der Waals surface area contributed by atoms with Gasteiger partial charge in [0, 0.05) is 24.0 Å². The summed E-state index contributed by atoms with van der Waals surface area (Å²) in [6, 6.07) is 6.63. The van der Waals surface area contributed by atoms with Gasteiger partial charge in [0.2, 0.25) is 5.91 Å². The van der Waals surface area contributed by atoms with Gasteiger partial charge in [0.25, 0.3) is 5.91 Å². The highest BCUT2D eigenvalue weighted by Crippen LogP contribution is 2.07. The summed E-state index contributed by atoms with van der Waals surface area (Å²) in [6.07, 6.45) is 5.78. The standard InChI is InChI=1S/C15H14N4O3S/c1-10-2-3-12(22-10)4-5-13(20)17-15(23)19-18-14(21)11-6-8-16-9-7-11/h2-9H,1H3,(H,18,21)(H2,17,19,20,23)/b5-4+. The number of furan rings is 1. The van der Waals surface area contributed by atoms with Crippen LogP contribution >= 0.6 is 12.2 Å². The Hall–Kier alpha value is -3.00. The fourth-order valence-electron chi connectivity index (χ4n) is 1.57. The van der Waals surface area contributed by atoms with Crippen LogP contribution in [0.2, 0.25) is 0 Å². The molecule has 0 unspecified atom stereocenters. The molecule has 2 aromatic rings. The maximum atomic E-state index is 11.7. The third-order valence-corrected chi connectivity index (χ3v) is 2.83. The molecule has 0 saturated heterocycles. The fourth-order valence-corrected chi connectivity index (χ4v) is 1.73. The molecule has 0 saturated carbocycles. The average molecular weight is 330 g/mol. The lowest BCUT2D eigenvalue weighted by atomic mass is 10.3. The van der Waals surface area contributed by atoms with Gasteiger partial charge in [-0.3, -0.25) is 30.7 Å². The molecule has 0 aliphatic heterocycles. The minimum Gasteiger partial charge on any atom is -0.462 e. The lowest BCUT2D eigenvalue weighted by Gasteiger charge is -2.09. The first-order valence-corrected chi connectivity index (χ1v) is 7.01. The second kappa shape index (κ2) is 7.85. The topological polar surface area (TPSA) is 96.3 Å². The van der Waals surface area contributed by atoms with Gasteiger partial charge < -0.3 is 4.42 Å². The van der Waals surface area contributed by atoms with Crippen LogP contribution < -0.4 is 16.2 Å². The van der Waals surface area contributed by atoms with E-state index in [0.29, 0.717) is 11.3 Å². The number of aryl methyl sites for hydroxylation is 1. The van der Waals surface area contributed by atoms with E-state index < -0.39 is 11.8 Å². The van der Waals surface area contributed by atoms with Crippen molar-refractivity contribution >= 4 is 35.2 Å². The number of rotatable bonds is 3. The lowest BCUT2D eigenvalue weighted by molar-refractivity contribution is -0.115. The molecular formula is C15H14N4O3S. The molecule has 0 aliphatic rings. The lowest BCUT2D eigenvalue weighted by Crippen LogP contribution is -2.48. The Balaban J connectivity index is 1.77. The third-order valence-electron chi connectivity index (χ3n) is 2.63. The van der Waals surface area contributed by atoms with Crippen LogP contribution in [0.3, 0.4) is 0 Å². The molecule has 0 atom stereocenters. The number of nitrogens with zero attached hydrogens (tertiary/aromatic N) is 1. The molecule has 0 radical (unpaired) electrons. The van der Waals surface area contributed by atoms with E-state index in [1.807, 2.05) is 6.92 Å². The number of amides is 2. The van der Waals surface area contributed by atoms with E-state index in [4.69, 9.17) is 16.6 Å². The SMILES string of the molecule is Cc1ccc(/C=C/C(=O)NC(=S)NNC(=O)c2ccncc2)o1. The van der Waals surface area contributed by atoms with Gasteiger partial charge in [0.05, 0.1) is 0 Å². The van der Waals surface area contributed by atoms with Gasteiger partial charge in [-0.1, -0.05) is 0 Å². The summed E-state index contributed by atoms with van der Waals surface area (Å²) in [4.78, 5) is 27.2. The molecule has 2 aromatic heterocycles. The van der Waals surface area contributed by atoms with Crippen LogP contribution in [0.5, 0.6) is 0 Å². The maximum absolute atomic E-state index is 11.7. The second-order valence-electron chi connectivity index (χ2n) is 4.42. The van der Waals surface area contributed by atoms with Gasteiger partial charge in [0.15, 0.2) is 5.11 Å². The smallest absolute Gasteiger partial charge is 0.269 e. The van der Waals surface area contributed by atoms with E-state index in [1.165, 1.54) is 24.5 Å². The van der Waals surface area contributed by atoms with Crippen molar-refractivity contribution in [2.24, 2.45) is 0 Å². The molecule has 0 bridgehead atoms. The molecule has 8 heteroatoms. The first-order valence-electron chi connectivity index (χ1n) is 6.60. The van der Waals surface area contributed by atoms with E-state index in [-0.39, 0.29) is 5.11 Å². The number of thiocarbonyl (C=S) groups is 1. The minimum absolute atomic E-state index is 0.0299. The van der Waals surface area contributed by atoms with Crippen LogP contribution in [0.25, 0.3) is 6.08 Å². The van der Waals surface area contributed by atoms with Crippen molar-refractivity contribution in [1.82, 2.24) is 21.2 Å². The highest BCUT2D eigenvalue weighted by Gasteiger charge is 2.06. The van der Waals surface area contributed by atoms with Crippen molar-refractivity contribution < 1.29 is 14.0 Å². The van der Waals surface area contributed by atoms with E-state index in [9.17, 15) is 9.59 Å². The zero-order valence-corrected chi connectivity index (χ0v) is 13.0. The molecule has 2 rings (SSSR count). The van der Waals surface area contributed by atoms with Crippen LogP contribution in [0, 0.1) is 6.92 Å². The maximum Gasteiger partial charge on any atom is 0.269 e. The van der Waals surface area contributed by atoms with Crippen LogP contribution in [-0.2, 0) is 4.79 Å². The largest absolute Gasteiger partial charge is 0.462 e. The summed E-state index contributed by atoms with van der Waals surface area (Å²) in [5.41, 5.74) is 5.21. The van der Waals surface area contributed by atoms with Crippen LogP contribution in [0.4, 0.5) is 0 Å². The third kappa shape index (κ3) is 5.36. The van der Waals surface area contributed by atoms with Gasteiger partial charge in [-0.15, -0.1) is 0 Å². The van der Waals surface area contributed by atoms with Gasteiger partial charge >= 0.3 is 0 Å². The zero-order valence-electron chi connectivity index (χ0n) is 12.2. The van der Waals surface area contributed by atoms with Gasteiger partial charge in [0.1, 0.15) is 11.5 Å². The van der Waals surface area contributed by atoms with Crippen molar-refractivity contribution in [3.05, 3.63) is 59.8 Å². The van der Waals surface area contributed by atoms with Gasteiger partial charge in [-0.2, -0.15) is 0 Å². The Kier molecular flexibility index (Phi) is 5.59. The van der Waals surface area contributed by atoms with Crippen LogP contribution in [0.1, 0.15) is 21.9 Å².